The Morgan fingerprint density at radius 1 is 0.472 bits per heavy atom. The van der Waals surface area contributed by atoms with E-state index in [4.69, 9.17) is 0 Å². The molecule has 0 radical (unpaired) electrons. The van der Waals surface area contributed by atoms with Crippen molar-refractivity contribution >= 4 is 52.3 Å². The van der Waals surface area contributed by atoms with E-state index >= 15 is 0 Å². The maximum absolute atomic E-state index is 9.33. The van der Waals surface area contributed by atoms with Gasteiger partial charge in [0.2, 0.25) is 6.71 Å². The van der Waals surface area contributed by atoms with Gasteiger partial charge >= 0.3 is 0 Å². The zero-order chi connectivity index (χ0) is 36.4. The number of fused-ring (bicyclic) bond motifs is 3. The molecule has 0 atom stereocenters. The van der Waals surface area contributed by atoms with Gasteiger partial charge in [-0.25, -0.2) is 0 Å². The summed E-state index contributed by atoms with van der Waals surface area (Å²) in [6.07, 6.45) is 4.36. The number of hydrogen-bond donors (Lipinski definition) is 0. The molecule has 0 bridgehead atoms. The zero-order valence-electron chi connectivity index (χ0n) is 29.7. The molecule has 7 aromatic rings. The highest BCUT2D eigenvalue weighted by Crippen LogP contribution is 2.48. The van der Waals surface area contributed by atoms with Crippen LogP contribution < -0.4 is 21.3 Å². The first-order chi connectivity index (χ1) is 25.9. The van der Waals surface area contributed by atoms with Crippen LogP contribution in [-0.2, 0) is 5.41 Å². The van der Waals surface area contributed by atoms with Crippen LogP contribution in [0, 0.1) is 22.7 Å². The van der Waals surface area contributed by atoms with E-state index in [1.807, 2.05) is 48.5 Å². The number of anilines is 3. The maximum Gasteiger partial charge on any atom is 0.241 e. The average Bonchev–Trinajstić information content (AvgIpc) is 3.44. The summed E-state index contributed by atoms with van der Waals surface area (Å²) in [5.41, 5.74) is 15.4. The summed E-state index contributed by atoms with van der Waals surface area (Å²) in [5.74, 6) is 0. The maximum atomic E-state index is 9.33. The lowest BCUT2D eigenvalue weighted by Crippen LogP contribution is -2.52. The van der Waals surface area contributed by atoms with Crippen LogP contribution in [0.15, 0.2) is 170 Å². The monoisotopic (exact) mass is 677 g/mol. The molecule has 0 aromatic heterocycles. The van der Waals surface area contributed by atoms with Gasteiger partial charge in [-0.3, -0.25) is 0 Å². The summed E-state index contributed by atoms with van der Waals surface area (Å²) in [4.78, 5) is 2.13. The topological polar surface area (TPSA) is 50.8 Å². The van der Waals surface area contributed by atoms with E-state index in [1.54, 1.807) is 0 Å². The van der Waals surface area contributed by atoms with Crippen LogP contribution in [0.25, 0.3) is 23.3 Å². The van der Waals surface area contributed by atoms with Gasteiger partial charge in [-0.05, 0) is 94.0 Å². The minimum absolute atomic E-state index is 0.148. The summed E-state index contributed by atoms with van der Waals surface area (Å²) < 4.78 is 0. The Morgan fingerprint density at radius 2 is 0.906 bits per heavy atom. The number of nitrogens with zero attached hydrogens (tertiary/aromatic N) is 3. The molecule has 250 valence electrons. The minimum Gasteiger partial charge on any atom is -0.311 e. The second-order valence-electron chi connectivity index (χ2n) is 14.1. The van der Waals surface area contributed by atoms with Crippen molar-refractivity contribution in [1.82, 2.24) is 0 Å². The average molecular weight is 678 g/mol. The number of hydrogen-bond acceptors (Lipinski definition) is 3. The lowest BCUT2D eigenvalue weighted by atomic mass is 9.36. The first-order valence-electron chi connectivity index (χ1n) is 17.9. The Bertz CT molecular complexity index is 2430. The summed E-state index contributed by atoms with van der Waals surface area (Å²) in [6.45, 7) is 4.86. The molecule has 7 aromatic carbocycles. The standard InChI is InChI=1S/C49H36BN3/c1-49(2)47-31-36(21-29-45(47)46-30-22-41(32-48(46)49)50(39-9-5-3-6-10-39)40-11-7-4-8-12-40)14-13-35-15-23-42(24-16-35)53(43-25-17-37(33-51)18-26-43)44-27-19-38(34-52)20-28-44/h3-32H,1-2H3/b14-13+. The Labute approximate surface area is 312 Å². The molecule has 0 saturated carbocycles. The quantitative estimate of drug-likeness (QED) is 0.119. The molecule has 0 N–H and O–H groups in total. The SMILES string of the molecule is CC1(C)c2cc(/C=C/c3ccc(N(c4ccc(C#N)cc4)c4ccc(C#N)cc4)cc3)ccc2-c2ccc(B(c3ccccc3)c3ccccc3)cc21. The minimum atomic E-state index is -0.148. The molecule has 8 rings (SSSR count). The molecular weight excluding hydrogens is 641 g/mol. The number of nitriles is 2. The molecule has 3 nitrogen and oxygen atoms in total. The fourth-order valence-electron chi connectivity index (χ4n) is 7.67. The first kappa shape index (κ1) is 33.3. The Balaban J connectivity index is 1.07. The molecule has 0 fully saturated rings. The normalized spacial score (nSPS) is 12.4. The van der Waals surface area contributed by atoms with E-state index < -0.39 is 0 Å². The van der Waals surface area contributed by atoms with Gasteiger partial charge in [-0.1, -0.05) is 152 Å². The van der Waals surface area contributed by atoms with E-state index in [-0.39, 0.29) is 12.1 Å². The fraction of sp³-hybridized carbons (Fsp3) is 0.0612. The number of rotatable bonds is 8. The van der Waals surface area contributed by atoms with Crippen LogP contribution in [0.1, 0.15) is 47.2 Å². The van der Waals surface area contributed by atoms with Gasteiger partial charge in [-0.15, -0.1) is 0 Å². The molecule has 0 spiro atoms. The largest absolute Gasteiger partial charge is 0.311 e. The first-order valence-corrected chi connectivity index (χ1v) is 17.9. The van der Waals surface area contributed by atoms with Crippen LogP contribution in [0.2, 0.25) is 0 Å². The third kappa shape index (κ3) is 6.44. The summed E-state index contributed by atoms with van der Waals surface area (Å²) in [6, 6.07) is 63.5. The molecule has 0 saturated heterocycles. The molecule has 53 heavy (non-hydrogen) atoms. The van der Waals surface area contributed by atoms with Gasteiger partial charge in [0, 0.05) is 22.5 Å². The second kappa shape index (κ2) is 14.0. The van der Waals surface area contributed by atoms with E-state index in [0.717, 1.165) is 28.2 Å². The molecule has 0 unspecified atom stereocenters. The van der Waals surface area contributed by atoms with E-state index in [2.05, 4.69) is 164 Å². The van der Waals surface area contributed by atoms with Crippen LogP contribution in [0.4, 0.5) is 17.1 Å². The Morgan fingerprint density at radius 3 is 1.42 bits per heavy atom. The van der Waals surface area contributed by atoms with Crippen molar-refractivity contribution in [1.29, 1.82) is 10.5 Å². The number of benzene rings is 7. The predicted octanol–water partition coefficient (Wildman–Crippen LogP) is 9.89. The van der Waals surface area contributed by atoms with Crippen molar-refractivity contribution in [3.63, 3.8) is 0 Å². The van der Waals surface area contributed by atoms with Crippen molar-refractivity contribution in [2.45, 2.75) is 19.3 Å². The molecule has 0 amide bonds. The Kier molecular flexibility index (Phi) is 8.81. The van der Waals surface area contributed by atoms with Gasteiger partial charge in [0.15, 0.2) is 0 Å². The predicted molar refractivity (Wildman–Crippen MR) is 221 cm³/mol. The molecule has 1 aliphatic rings. The summed E-state index contributed by atoms with van der Waals surface area (Å²) >= 11 is 0. The summed E-state index contributed by atoms with van der Waals surface area (Å²) in [5, 5.41) is 18.7. The molecule has 1 aliphatic carbocycles. The van der Waals surface area contributed by atoms with Crippen LogP contribution in [0.5, 0.6) is 0 Å². The zero-order valence-corrected chi connectivity index (χ0v) is 29.7. The van der Waals surface area contributed by atoms with Crippen molar-refractivity contribution in [3.8, 4) is 23.3 Å². The van der Waals surface area contributed by atoms with Gasteiger partial charge in [-0.2, -0.15) is 10.5 Å². The highest BCUT2D eigenvalue weighted by molar-refractivity contribution is 6.95. The van der Waals surface area contributed by atoms with Gasteiger partial charge < -0.3 is 4.90 Å². The second-order valence-corrected chi connectivity index (χ2v) is 14.1. The lowest BCUT2D eigenvalue weighted by molar-refractivity contribution is 0.660. The third-order valence-electron chi connectivity index (χ3n) is 10.5. The fourth-order valence-corrected chi connectivity index (χ4v) is 7.67. The van der Waals surface area contributed by atoms with Crippen molar-refractivity contribution < 1.29 is 0 Å². The van der Waals surface area contributed by atoms with Crippen molar-refractivity contribution in [3.05, 3.63) is 203 Å². The lowest BCUT2D eigenvalue weighted by Gasteiger charge is -2.25. The Hall–Kier alpha value is -6.88. The molecule has 4 heteroatoms. The highest BCUT2D eigenvalue weighted by Gasteiger charge is 2.36. The van der Waals surface area contributed by atoms with Crippen LogP contribution >= 0.6 is 0 Å². The van der Waals surface area contributed by atoms with Crippen LogP contribution in [0.3, 0.4) is 0 Å². The molecule has 0 aliphatic heterocycles. The van der Waals surface area contributed by atoms with Crippen LogP contribution in [-0.4, -0.2) is 6.71 Å². The van der Waals surface area contributed by atoms with Gasteiger partial charge in [0.1, 0.15) is 0 Å². The smallest absolute Gasteiger partial charge is 0.241 e. The van der Waals surface area contributed by atoms with E-state index in [0.29, 0.717) is 11.1 Å². The van der Waals surface area contributed by atoms with Crippen molar-refractivity contribution in [2.75, 3.05) is 4.90 Å². The van der Waals surface area contributed by atoms with E-state index in [9.17, 15) is 10.5 Å². The van der Waals surface area contributed by atoms with Gasteiger partial charge in [0.05, 0.1) is 23.3 Å². The highest BCUT2D eigenvalue weighted by atomic mass is 15.1. The van der Waals surface area contributed by atoms with E-state index in [1.165, 1.54) is 38.6 Å². The van der Waals surface area contributed by atoms with Crippen molar-refractivity contribution in [2.24, 2.45) is 0 Å². The van der Waals surface area contributed by atoms with Gasteiger partial charge in [0.25, 0.3) is 0 Å². The summed E-state index contributed by atoms with van der Waals surface area (Å²) in [7, 11) is 0. The molecular formula is C49H36BN3. The third-order valence-corrected chi connectivity index (χ3v) is 10.5. The molecule has 0 heterocycles.